The van der Waals surface area contributed by atoms with E-state index in [1.54, 1.807) is 18.3 Å². The lowest BCUT2D eigenvalue weighted by Gasteiger charge is -2.13. The van der Waals surface area contributed by atoms with Crippen LogP contribution in [0.25, 0.3) is 5.69 Å². The zero-order valence-corrected chi connectivity index (χ0v) is 13.9. The maximum absolute atomic E-state index is 13.6. The number of carbonyl (C=O) groups is 1. The van der Waals surface area contributed by atoms with E-state index in [4.69, 9.17) is 11.6 Å². The lowest BCUT2D eigenvalue weighted by atomic mass is 10.2. The van der Waals surface area contributed by atoms with Crippen molar-refractivity contribution in [2.24, 2.45) is 0 Å². The maximum atomic E-state index is 13.6. The zero-order chi connectivity index (χ0) is 18.7. The Hall–Kier alpha value is -2.87. The highest BCUT2D eigenvalue weighted by molar-refractivity contribution is 6.30. The Bertz CT molecular complexity index is 908. The first-order valence-corrected chi connectivity index (χ1v) is 7.82. The summed E-state index contributed by atoms with van der Waals surface area (Å²) in [5.41, 5.74) is -0.896. The SMILES string of the molecule is O=C(NCc1cccnc1)c1cnn(-c2ccc(Cl)cc2)c1C(F)(F)F. The molecule has 2 heterocycles. The summed E-state index contributed by atoms with van der Waals surface area (Å²) in [5, 5.41) is 6.57. The predicted octanol–water partition coefficient (Wildman–Crippen LogP) is 3.87. The van der Waals surface area contributed by atoms with Crippen LogP contribution in [-0.4, -0.2) is 20.7 Å². The quantitative estimate of drug-likeness (QED) is 0.747. The summed E-state index contributed by atoms with van der Waals surface area (Å²) in [7, 11) is 0. The number of carbonyl (C=O) groups excluding carboxylic acids is 1. The first-order chi connectivity index (χ1) is 12.4. The maximum Gasteiger partial charge on any atom is 0.434 e. The molecule has 2 aromatic heterocycles. The molecule has 0 saturated carbocycles. The summed E-state index contributed by atoms with van der Waals surface area (Å²) < 4.78 is 41.3. The van der Waals surface area contributed by atoms with Gasteiger partial charge in [0.1, 0.15) is 0 Å². The molecule has 0 aliphatic rings. The van der Waals surface area contributed by atoms with Crippen LogP contribution in [0.1, 0.15) is 21.6 Å². The molecule has 0 aliphatic heterocycles. The van der Waals surface area contributed by atoms with Crippen molar-refractivity contribution in [2.45, 2.75) is 12.7 Å². The minimum absolute atomic E-state index is 0.0517. The molecule has 5 nitrogen and oxygen atoms in total. The fourth-order valence-corrected chi connectivity index (χ4v) is 2.47. The standard InChI is InChI=1S/C17H12ClF3N4O/c18-12-3-5-13(6-4-12)25-15(17(19,20)21)14(10-24-25)16(26)23-9-11-2-1-7-22-8-11/h1-8,10H,9H2,(H,23,26). The fraction of sp³-hybridized carbons (Fsp3) is 0.118. The summed E-state index contributed by atoms with van der Waals surface area (Å²) in [5.74, 6) is -0.874. The lowest BCUT2D eigenvalue weighted by molar-refractivity contribution is -0.143. The number of hydrogen-bond acceptors (Lipinski definition) is 3. The normalized spacial score (nSPS) is 11.4. The average molecular weight is 381 g/mol. The number of nitrogens with one attached hydrogen (secondary N) is 1. The molecule has 1 aromatic carbocycles. The van der Waals surface area contributed by atoms with E-state index in [0.29, 0.717) is 15.3 Å². The van der Waals surface area contributed by atoms with Crippen molar-refractivity contribution in [3.05, 3.63) is 76.8 Å². The van der Waals surface area contributed by atoms with Crippen molar-refractivity contribution < 1.29 is 18.0 Å². The summed E-state index contributed by atoms with van der Waals surface area (Å²) in [6, 6.07) is 9.04. The monoisotopic (exact) mass is 380 g/mol. The molecule has 9 heteroatoms. The number of benzene rings is 1. The number of nitrogens with zero attached hydrogens (tertiary/aromatic N) is 3. The predicted molar refractivity (Wildman–Crippen MR) is 89.0 cm³/mol. The van der Waals surface area contributed by atoms with E-state index in [1.807, 2.05) is 0 Å². The van der Waals surface area contributed by atoms with Gasteiger partial charge in [-0.15, -0.1) is 0 Å². The Morgan fingerprint density at radius 1 is 1.15 bits per heavy atom. The molecule has 0 saturated heterocycles. The van der Waals surface area contributed by atoms with Gasteiger partial charge in [0, 0.05) is 24.0 Å². The van der Waals surface area contributed by atoms with Gasteiger partial charge >= 0.3 is 6.18 Å². The van der Waals surface area contributed by atoms with Gasteiger partial charge in [-0.05, 0) is 35.9 Å². The number of pyridine rings is 1. The van der Waals surface area contributed by atoms with Crippen LogP contribution in [-0.2, 0) is 12.7 Å². The van der Waals surface area contributed by atoms with E-state index in [-0.39, 0.29) is 12.2 Å². The van der Waals surface area contributed by atoms with Crippen LogP contribution in [0, 0.1) is 0 Å². The minimum Gasteiger partial charge on any atom is -0.348 e. The van der Waals surface area contributed by atoms with Gasteiger partial charge < -0.3 is 5.32 Å². The van der Waals surface area contributed by atoms with Crippen LogP contribution in [0.5, 0.6) is 0 Å². The summed E-state index contributed by atoms with van der Waals surface area (Å²) in [4.78, 5) is 16.2. The second-order valence-corrected chi connectivity index (χ2v) is 5.77. The van der Waals surface area contributed by atoms with Crippen molar-refractivity contribution >= 4 is 17.5 Å². The average Bonchev–Trinajstić information content (AvgIpc) is 3.07. The van der Waals surface area contributed by atoms with Gasteiger partial charge in [-0.3, -0.25) is 9.78 Å². The van der Waals surface area contributed by atoms with Crippen LogP contribution in [0.3, 0.4) is 0 Å². The molecule has 134 valence electrons. The fourth-order valence-electron chi connectivity index (χ4n) is 2.35. The summed E-state index contributed by atoms with van der Waals surface area (Å²) in [6.07, 6.45) is -0.793. The molecule has 0 radical (unpaired) electrons. The second kappa shape index (κ2) is 7.17. The molecule has 3 aromatic rings. The van der Waals surface area contributed by atoms with Gasteiger partial charge in [0.05, 0.1) is 17.4 Å². The number of alkyl halides is 3. The second-order valence-electron chi connectivity index (χ2n) is 5.34. The molecular weight excluding hydrogens is 369 g/mol. The molecule has 0 aliphatic carbocycles. The molecule has 1 amide bonds. The largest absolute Gasteiger partial charge is 0.434 e. The van der Waals surface area contributed by atoms with Crippen LogP contribution >= 0.6 is 11.6 Å². The van der Waals surface area contributed by atoms with Gasteiger partial charge in [-0.25, -0.2) is 4.68 Å². The third-order valence-electron chi connectivity index (χ3n) is 3.53. The van der Waals surface area contributed by atoms with Gasteiger partial charge in [-0.1, -0.05) is 17.7 Å². The number of rotatable bonds is 4. The summed E-state index contributed by atoms with van der Waals surface area (Å²) >= 11 is 5.76. The molecule has 0 fully saturated rings. The topological polar surface area (TPSA) is 59.8 Å². The highest BCUT2D eigenvalue weighted by Crippen LogP contribution is 2.33. The highest BCUT2D eigenvalue weighted by atomic mass is 35.5. The van der Waals surface area contributed by atoms with Crippen LogP contribution in [0.2, 0.25) is 5.02 Å². The third kappa shape index (κ3) is 3.85. The zero-order valence-electron chi connectivity index (χ0n) is 13.2. The Morgan fingerprint density at radius 2 is 1.88 bits per heavy atom. The molecule has 1 N–H and O–H groups in total. The van der Waals surface area contributed by atoms with Crippen LogP contribution in [0.4, 0.5) is 13.2 Å². The highest BCUT2D eigenvalue weighted by Gasteiger charge is 2.40. The molecular formula is C17H12ClF3N4O. The minimum atomic E-state index is -4.77. The molecule has 0 atom stereocenters. The third-order valence-corrected chi connectivity index (χ3v) is 3.78. The van der Waals surface area contributed by atoms with E-state index in [9.17, 15) is 18.0 Å². The van der Waals surface area contributed by atoms with Gasteiger partial charge in [-0.2, -0.15) is 18.3 Å². The molecule has 0 bridgehead atoms. The molecule has 0 spiro atoms. The Labute approximate surface area is 151 Å². The van der Waals surface area contributed by atoms with Gasteiger partial charge in [0.15, 0.2) is 5.69 Å². The van der Waals surface area contributed by atoms with Crippen molar-refractivity contribution in [1.29, 1.82) is 0 Å². The first kappa shape index (κ1) is 17.9. The van der Waals surface area contributed by atoms with Gasteiger partial charge in [0.2, 0.25) is 0 Å². The molecule has 26 heavy (non-hydrogen) atoms. The molecule has 0 unspecified atom stereocenters. The van der Waals surface area contributed by atoms with E-state index < -0.39 is 23.3 Å². The van der Waals surface area contributed by atoms with E-state index in [1.165, 1.54) is 30.5 Å². The Balaban J connectivity index is 1.92. The smallest absolute Gasteiger partial charge is 0.348 e. The number of hydrogen-bond donors (Lipinski definition) is 1. The number of halogens is 4. The van der Waals surface area contributed by atoms with Crippen molar-refractivity contribution in [3.63, 3.8) is 0 Å². The van der Waals surface area contributed by atoms with E-state index in [2.05, 4.69) is 15.4 Å². The van der Waals surface area contributed by atoms with E-state index >= 15 is 0 Å². The van der Waals surface area contributed by atoms with Crippen LogP contribution < -0.4 is 5.32 Å². The van der Waals surface area contributed by atoms with Gasteiger partial charge in [0.25, 0.3) is 5.91 Å². The van der Waals surface area contributed by atoms with Crippen molar-refractivity contribution in [2.75, 3.05) is 0 Å². The van der Waals surface area contributed by atoms with Crippen molar-refractivity contribution in [3.8, 4) is 5.69 Å². The first-order valence-electron chi connectivity index (χ1n) is 7.44. The van der Waals surface area contributed by atoms with Crippen LogP contribution in [0.15, 0.2) is 55.0 Å². The number of amides is 1. The lowest BCUT2D eigenvalue weighted by Crippen LogP contribution is -2.26. The Morgan fingerprint density at radius 3 is 2.50 bits per heavy atom. The molecule has 3 rings (SSSR count). The Kier molecular flexibility index (Phi) is 4.94. The van der Waals surface area contributed by atoms with E-state index in [0.717, 1.165) is 6.20 Å². The summed E-state index contributed by atoms with van der Waals surface area (Å²) in [6.45, 7) is 0.0517. The number of aromatic nitrogens is 3. The van der Waals surface area contributed by atoms with Crippen molar-refractivity contribution in [1.82, 2.24) is 20.1 Å².